The quantitative estimate of drug-likeness (QED) is 0.537. The van der Waals surface area contributed by atoms with Gasteiger partial charge in [-0.25, -0.2) is 4.79 Å². The molecule has 3 N–H and O–H groups in total. The molecule has 0 saturated carbocycles. The molecule has 2 aromatic carbocycles. The number of fused-ring (bicyclic) bond motifs is 1. The molecule has 0 bridgehead atoms. The zero-order valence-corrected chi connectivity index (χ0v) is 16.4. The first-order chi connectivity index (χ1) is 13.5. The second-order valence-corrected chi connectivity index (χ2v) is 7.44. The average molecular weight is 417 g/mol. The number of benzene rings is 2. The van der Waals surface area contributed by atoms with Crippen LogP contribution in [0, 0.1) is 0 Å². The Hall–Kier alpha value is -2.70. The first-order valence-electron chi connectivity index (χ1n) is 8.96. The van der Waals surface area contributed by atoms with Gasteiger partial charge in [0.2, 0.25) is 0 Å². The van der Waals surface area contributed by atoms with Gasteiger partial charge in [-0.05, 0) is 43.2 Å². The number of halogens is 2. The van der Waals surface area contributed by atoms with E-state index < -0.39 is 5.91 Å². The number of likely N-dealkylation sites (tertiary alicyclic amines) is 1. The molecule has 1 aliphatic heterocycles. The maximum atomic E-state index is 12.8. The molecule has 1 aromatic heterocycles. The standard InChI is InChI=1S/C20H18Cl2N4O2/c21-12-7-8-14-13(11-12)17(22)18(23-14)19(27)24-15-5-1-2-6-16(15)25-20(28)26-9-3-4-10-26/h1-2,5-8,11,23H,3-4,9-10H2,(H,24,27)(H,25,28). The van der Waals surface area contributed by atoms with Crippen molar-refractivity contribution in [3.63, 3.8) is 0 Å². The fraction of sp³-hybridized carbons (Fsp3) is 0.200. The molecule has 1 fully saturated rings. The van der Waals surface area contributed by atoms with E-state index >= 15 is 0 Å². The molecule has 144 valence electrons. The minimum absolute atomic E-state index is 0.169. The van der Waals surface area contributed by atoms with E-state index in [-0.39, 0.29) is 11.7 Å². The number of hydrogen-bond acceptors (Lipinski definition) is 2. The lowest BCUT2D eigenvalue weighted by Gasteiger charge is -2.18. The summed E-state index contributed by atoms with van der Waals surface area (Å²) in [7, 11) is 0. The lowest BCUT2D eigenvalue weighted by Crippen LogP contribution is -2.32. The van der Waals surface area contributed by atoms with Crippen molar-refractivity contribution in [1.29, 1.82) is 0 Å². The summed E-state index contributed by atoms with van der Waals surface area (Å²) < 4.78 is 0. The van der Waals surface area contributed by atoms with Gasteiger partial charge in [0.25, 0.3) is 5.91 Å². The molecule has 1 aliphatic rings. The summed E-state index contributed by atoms with van der Waals surface area (Å²) in [5.74, 6) is -0.403. The Bertz CT molecular complexity index is 1060. The highest BCUT2D eigenvalue weighted by molar-refractivity contribution is 6.40. The van der Waals surface area contributed by atoms with Gasteiger partial charge < -0.3 is 20.5 Å². The van der Waals surface area contributed by atoms with Crippen LogP contribution in [0.2, 0.25) is 10.0 Å². The highest BCUT2D eigenvalue weighted by Crippen LogP contribution is 2.31. The zero-order chi connectivity index (χ0) is 19.7. The Morgan fingerprint density at radius 2 is 1.64 bits per heavy atom. The Morgan fingerprint density at radius 1 is 0.964 bits per heavy atom. The van der Waals surface area contributed by atoms with Crippen molar-refractivity contribution in [2.75, 3.05) is 23.7 Å². The third-order valence-electron chi connectivity index (χ3n) is 4.73. The molecule has 28 heavy (non-hydrogen) atoms. The smallest absolute Gasteiger partial charge is 0.321 e. The van der Waals surface area contributed by atoms with Crippen molar-refractivity contribution in [3.8, 4) is 0 Å². The van der Waals surface area contributed by atoms with Crippen LogP contribution in [-0.4, -0.2) is 34.9 Å². The number of para-hydroxylation sites is 2. The van der Waals surface area contributed by atoms with Crippen molar-refractivity contribution in [2.24, 2.45) is 0 Å². The van der Waals surface area contributed by atoms with E-state index in [1.54, 1.807) is 47.4 Å². The summed E-state index contributed by atoms with van der Waals surface area (Å²) in [4.78, 5) is 30.0. The van der Waals surface area contributed by atoms with E-state index in [0.717, 1.165) is 31.4 Å². The predicted molar refractivity (Wildman–Crippen MR) is 113 cm³/mol. The highest BCUT2D eigenvalue weighted by atomic mass is 35.5. The number of rotatable bonds is 3. The predicted octanol–water partition coefficient (Wildman–Crippen LogP) is 5.35. The SMILES string of the molecule is O=C(Nc1ccccc1NC(=O)N1CCCC1)c1[nH]c2ccc(Cl)cc2c1Cl. The second kappa shape index (κ2) is 7.73. The molecule has 1 saturated heterocycles. The summed E-state index contributed by atoms with van der Waals surface area (Å²) in [6, 6.07) is 12.1. The summed E-state index contributed by atoms with van der Waals surface area (Å²) in [5.41, 5.74) is 1.98. The van der Waals surface area contributed by atoms with Crippen LogP contribution in [-0.2, 0) is 0 Å². The van der Waals surface area contributed by atoms with Crippen molar-refractivity contribution in [3.05, 3.63) is 58.2 Å². The molecule has 6 nitrogen and oxygen atoms in total. The molecule has 3 aromatic rings. The van der Waals surface area contributed by atoms with Crippen LogP contribution in [0.15, 0.2) is 42.5 Å². The van der Waals surface area contributed by atoms with Gasteiger partial charge in [-0.3, -0.25) is 4.79 Å². The third kappa shape index (κ3) is 3.66. The molecule has 3 amide bonds. The molecule has 8 heteroatoms. The van der Waals surface area contributed by atoms with Crippen LogP contribution in [0.3, 0.4) is 0 Å². The molecule has 2 heterocycles. The number of urea groups is 1. The molecule has 0 unspecified atom stereocenters. The van der Waals surface area contributed by atoms with Crippen LogP contribution in [0.25, 0.3) is 10.9 Å². The molecule has 0 aliphatic carbocycles. The molecular formula is C20H18Cl2N4O2. The van der Waals surface area contributed by atoms with E-state index in [2.05, 4.69) is 15.6 Å². The summed E-state index contributed by atoms with van der Waals surface area (Å²) >= 11 is 12.4. The third-order valence-corrected chi connectivity index (χ3v) is 5.36. The van der Waals surface area contributed by atoms with Gasteiger partial charge >= 0.3 is 6.03 Å². The molecule has 0 radical (unpaired) electrons. The summed E-state index contributed by atoms with van der Waals surface area (Å²) in [6.07, 6.45) is 2.02. The average Bonchev–Trinajstić information content (AvgIpc) is 3.32. The van der Waals surface area contributed by atoms with Gasteiger partial charge in [0.15, 0.2) is 0 Å². The summed E-state index contributed by atoms with van der Waals surface area (Å²) in [6.45, 7) is 1.49. The van der Waals surface area contributed by atoms with Crippen molar-refractivity contribution in [2.45, 2.75) is 12.8 Å². The van der Waals surface area contributed by atoms with Crippen LogP contribution in [0.4, 0.5) is 16.2 Å². The monoisotopic (exact) mass is 416 g/mol. The second-order valence-electron chi connectivity index (χ2n) is 6.63. The number of nitrogens with one attached hydrogen (secondary N) is 3. The fourth-order valence-corrected chi connectivity index (χ4v) is 3.75. The lowest BCUT2D eigenvalue weighted by molar-refractivity contribution is 0.102. The van der Waals surface area contributed by atoms with Crippen LogP contribution >= 0.6 is 23.2 Å². The number of H-pyrrole nitrogens is 1. The molecule has 0 atom stereocenters. The topological polar surface area (TPSA) is 77.2 Å². The number of carbonyl (C=O) groups is 2. The normalized spacial score (nSPS) is 13.7. The first-order valence-corrected chi connectivity index (χ1v) is 9.71. The zero-order valence-electron chi connectivity index (χ0n) is 14.9. The van der Waals surface area contributed by atoms with Gasteiger partial charge in [0.05, 0.1) is 16.4 Å². The van der Waals surface area contributed by atoms with E-state index in [1.807, 2.05) is 0 Å². The molecule has 0 spiro atoms. The first kappa shape index (κ1) is 18.7. The van der Waals surface area contributed by atoms with Crippen LogP contribution in [0.5, 0.6) is 0 Å². The van der Waals surface area contributed by atoms with Gasteiger partial charge in [0, 0.05) is 29.0 Å². The lowest BCUT2D eigenvalue weighted by atomic mass is 10.2. The highest BCUT2D eigenvalue weighted by Gasteiger charge is 2.21. The van der Waals surface area contributed by atoms with Crippen LogP contribution < -0.4 is 10.6 Å². The fourth-order valence-electron chi connectivity index (χ4n) is 3.29. The van der Waals surface area contributed by atoms with Crippen molar-refractivity contribution < 1.29 is 9.59 Å². The number of hydrogen-bond donors (Lipinski definition) is 3. The number of amides is 3. The summed E-state index contributed by atoms with van der Waals surface area (Å²) in [5, 5.41) is 7.20. The van der Waals surface area contributed by atoms with Crippen molar-refractivity contribution >= 4 is 57.4 Å². The van der Waals surface area contributed by atoms with Gasteiger partial charge in [-0.15, -0.1) is 0 Å². The number of nitrogens with zero attached hydrogens (tertiary/aromatic N) is 1. The Balaban J connectivity index is 1.57. The number of aromatic amines is 1. The minimum Gasteiger partial charge on any atom is -0.349 e. The maximum absolute atomic E-state index is 12.8. The van der Waals surface area contributed by atoms with Gasteiger partial charge in [0.1, 0.15) is 5.69 Å². The Labute approximate surface area is 171 Å². The number of aromatic nitrogens is 1. The van der Waals surface area contributed by atoms with E-state index in [4.69, 9.17) is 23.2 Å². The van der Waals surface area contributed by atoms with Crippen LogP contribution in [0.1, 0.15) is 23.3 Å². The maximum Gasteiger partial charge on any atom is 0.321 e. The largest absolute Gasteiger partial charge is 0.349 e. The van der Waals surface area contributed by atoms with Gasteiger partial charge in [-0.2, -0.15) is 0 Å². The van der Waals surface area contributed by atoms with E-state index in [1.165, 1.54) is 0 Å². The molecular weight excluding hydrogens is 399 g/mol. The minimum atomic E-state index is -0.403. The number of anilines is 2. The van der Waals surface area contributed by atoms with Gasteiger partial charge in [-0.1, -0.05) is 35.3 Å². The number of carbonyl (C=O) groups excluding carboxylic acids is 2. The van der Waals surface area contributed by atoms with Crippen molar-refractivity contribution in [1.82, 2.24) is 9.88 Å². The van der Waals surface area contributed by atoms with E-state index in [9.17, 15) is 9.59 Å². The molecule has 4 rings (SSSR count). The Kier molecular flexibility index (Phi) is 5.15. The van der Waals surface area contributed by atoms with E-state index in [0.29, 0.717) is 26.8 Å². The Morgan fingerprint density at radius 3 is 2.36 bits per heavy atom.